The number of nitrogens with zero attached hydrogens (tertiary/aromatic N) is 1. The number of hydrogen-bond acceptors (Lipinski definition) is 4. The number of benzene rings is 1. The molecule has 0 fully saturated rings. The summed E-state index contributed by atoms with van der Waals surface area (Å²) in [6.07, 6.45) is -5.87. The zero-order chi connectivity index (χ0) is 17.3. The Labute approximate surface area is 129 Å². The van der Waals surface area contributed by atoms with E-state index in [4.69, 9.17) is 5.73 Å². The molecule has 0 amide bonds. The van der Waals surface area contributed by atoms with Gasteiger partial charge >= 0.3 is 12.1 Å². The molecule has 1 aromatic heterocycles. The van der Waals surface area contributed by atoms with Gasteiger partial charge in [-0.2, -0.15) is 13.2 Å². The Kier molecular flexibility index (Phi) is 4.56. The van der Waals surface area contributed by atoms with Crippen LogP contribution in [0.25, 0.3) is 10.9 Å². The van der Waals surface area contributed by atoms with E-state index in [1.807, 2.05) is 0 Å². The van der Waals surface area contributed by atoms with E-state index in [1.54, 1.807) is 0 Å². The standard InChI is InChI=1S/C15H14F4N2O2/c1-2-23-13(22)14(20,15(17,18)19)8-11-5-3-9-7-10(16)4-6-12(9)21-11/h3-7H,2,8,20H2,1H3/t14-/m0/s1. The maximum Gasteiger partial charge on any atom is 0.417 e. The first-order valence-corrected chi connectivity index (χ1v) is 6.75. The molecule has 0 spiro atoms. The Morgan fingerprint density at radius 2 is 1.96 bits per heavy atom. The van der Waals surface area contributed by atoms with Gasteiger partial charge in [0, 0.05) is 17.5 Å². The van der Waals surface area contributed by atoms with Gasteiger partial charge in [-0.05, 0) is 31.2 Å². The van der Waals surface area contributed by atoms with E-state index >= 15 is 0 Å². The molecule has 0 aliphatic carbocycles. The van der Waals surface area contributed by atoms with E-state index in [0.717, 1.165) is 6.07 Å². The van der Waals surface area contributed by atoms with Gasteiger partial charge in [0.1, 0.15) is 5.82 Å². The molecule has 1 atom stereocenters. The average molecular weight is 330 g/mol. The van der Waals surface area contributed by atoms with Gasteiger partial charge in [0.25, 0.3) is 0 Å². The molecule has 0 saturated carbocycles. The largest absolute Gasteiger partial charge is 0.464 e. The van der Waals surface area contributed by atoms with Crippen LogP contribution in [-0.4, -0.2) is 29.3 Å². The fourth-order valence-corrected chi connectivity index (χ4v) is 2.07. The summed E-state index contributed by atoms with van der Waals surface area (Å²) in [6, 6.07) is 6.38. The van der Waals surface area contributed by atoms with Crippen LogP contribution in [0.2, 0.25) is 0 Å². The smallest absolute Gasteiger partial charge is 0.417 e. The molecule has 23 heavy (non-hydrogen) atoms. The number of ether oxygens (including phenoxy) is 1. The Hall–Kier alpha value is -2.22. The average Bonchev–Trinajstić information content (AvgIpc) is 2.46. The normalized spacial score (nSPS) is 14.5. The van der Waals surface area contributed by atoms with Gasteiger partial charge in [-0.1, -0.05) is 6.07 Å². The summed E-state index contributed by atoms with van der Waals surface area (Å²) in [7, 11) is 0. The van der Waals surface area contributed by atoms with Gasteiger partial charge in [-0.25, -0.2) is 9.18 Å². The highest BCUT2D eigenvalue weighted by Gasteiger charge is 2.59. The second-order valence-electron chi connectivity index (χ2n) is 5.01. The molecule has 0 aliphatic heterocycles. The van der Waals surface area contributed by atoms with Crippen LogP contribution in [0.4, 0.5) is 17.6 Å². The van der Waals surface area contributed by atoms with Crippen LogP contribution < -0.4 is 5.73 Å². The molecular weight excluding hydrogens is 316 g/mol. The number of carbonyl (C=O) groups is 1. The number of aromatic nitrogens is 1. The van der Waals surface area contributed by atoms with Crippen LogP contribution in [0, 0.1) is 5.82 Å². The number of hydrogen-bond donors (Lipinski definition) is 1. The number of fused-ring (bicyclic) bond motifs is 1. The molecule has 2 aromatic rings. The van der Waals surface area contributed by atoms with Crippen LogP contribution in [0.3, 0.4) is 0 Å². The van der Waals surface area contributed by atoms with E-state index in [2.05, 4.69) is 9.72 Å². The van der Waals surface area contributed by atoms with Crippen molar-refractivity contribution in [1.29, 1.82) is 0 Å². The highest BCUT2D eigenvalue weighted by Crippen LogP contribution is 2.32. The predicted octanol–water partition coefficient (Wildman–Crippen LogP) is 2.74. The third-order valence-corrected chi connectivity index (χ3v) is 3.31. The molecule has 124 valence electrons. The minimum absolute atomic E-state index is 0.0445. The van der Waals surface area contributed by atoms with Crippen molar-refractivity contribution in [2.45, 2.75) is 25.1 Å². The van der Waals surface area contributed by atoms with Crippen molar-refractivity contribution in [1.82, 2.24) is 4.98 Å². The Bertz CT molecular complexity index is 733. The molecule has 0 unspecified atom stereocenters. The molecule has 2 N–H and O–H groups in total. The first-order chi connectivity index (χ1) is 10.7. The Morgan fingerprint density at radius 1 is 1.26 bits per heavy atom. The highest BCUT2D eigenvalue weighted by atomic mass is 19.4. The van der Waals surface area contributed by atoms with Crippen LogP contribution in [0.5, 0.6) is 0 Å². The van der Waals surface area contributed by atoms with Gasteiger partial charge in [0.2, 0.25) is 5.54 Å². The number of alkyl halides is 3. The lowest BCUT2D eigenvalue weighted by Crippen LogP contribution is -2.61. The monoisotopic (exact) mass is 330 g/mol. The zero-order valence-electron chi connectivity index (χ0n) is 12.2. The summed E-state index contributed by atoms with van der Waals surface area (Å²) in [5.74, 6) is -2.05. The first kappa shape index (κ1) is 17.1. The fourth-order valence-electron chi connectivity index (χ4n) is 2.07. The van der Waals surface area contributed by atoms with Gasteiger partial charge in [0.05, 0.1) is 12.1 Å². The summed E-state index contributed by atoms with van der Waals surface area (Å²) < 4.78 is 57.2. The summed E-state index contributed by atoms with van der Waals surface area (Å²) in [5.41, 5.74) is 2.37. The van der Waals surface area contributed by atoms with Gasteiger partial charge < -0.3 is 10.5 Å². The number of carbonyl (C=O) groups excluding carboxylic acids is 1. The Morgan fingerprint density at radius 3 is 2.57 bits per heavy atom. The first-order valence-electron chi connectivity index (χ1n) is 6.75. The zero-order valence-corrected chi connectivity index (χ0v) is 12.2. The number of halogens is 4. The van der Waals surface area contributed by atoms with Gasteiger partial charge in [-0.15, -0.1) is 0 Å². The van der Waals surface area contributed by atoms with Crippen molar-refractivity contribution in [3.8, 4) is 0 Å². The topological polar surface area (TPSA) is 65.2 Å². The van der Waals surface area contributed by atoms with Crippen LogP contribution >= 0.6 is 0 Å². The van der Waals surface area contributed by atoms with E-state index in [9.17, 15) is 22.4 Å². The van der Waals surface area contributed by atoms with Crippen molar-refractivity contribution in [3.63, 3.8) is 0 Å². The minimum atomic E-state index is -5.00. The number of nitrogens with two attached hydrogens (primary N) is 1. The van der Waals surface area contributed by atoms with Crippen molar-refractivity contribution in [3.05, 3.63) is 41.8 Å². The summed E-state index contributed by atoms with van der Waals surface area (Å²) in [6.45, 7) is 1.16. The molecule has 2 rings (SSSR count). The van der Waals surface area contributed by atoms with E-state index in [-0.39, 0.29) is 12.3 Å². The van der Waals surface area contributed by atoms with E-state index < -0.39 is 29.9 Å². The maximum atomic E-state index is 13.2. The van der Waals surface area contributed by atoms with E-state index in [1.165, 1.54) is 31.2 Å². The molecule has 1 aromatic carbocycles. The van der Waals surface area contributed by atoms with Crippen molar-refractivity contribution >= 4 is 16.9 Å². The SMILES string of the molecule is CCOC(=O)[C@@](N)(Cc1ccc2cc(F)ccc2n1)C(F)(F)F. The van der Waals surface area contributed by atoms with Gasteiger partial charge in [0.15, 0.2) is 0 Å². The molecule has 0 saturated heterocycles. The molecule has 0 bridgehead atoms. The van der Waals surface area contributed by atoms with Crippen LogP contribution in [0.15, 0.2) is 30.3 Å². The second-order valence-corrected chi connectivity index (χ2v) is 5.01. The lowest BCUT2D eigenvalue weighted by molar-refractivity contribution is -0.205. The number of rotatable bonds is 4. The fraction of sp³-hybridized carbons (Fsp3) is 0.333. The number of pyridine rings is 1. The molecule has 8 heteroatoms. The molecule has 1 heterocycles. The van der Waals surface area contributed by atoms with Gasteiger partial charge in [-0.3, -0.25) is 4.98 Å². The lowest BCUT2D eigenvalue weighted by atomic mass is 9.93. The minimum Gasteiger partial charge on any atom is -0.464 e. The lowest BCUT2D eigenvalue weighted by Gasteiger charge is -2.29. The van der Waals surface area contributed by atoms with Crippen LogP contribution in [0.1, 0.15) is 12.6 Å². The molecule has 4 nitrogen and oxygen atoms in total. The summed E-state index contributed by atoms with van der Waals surface area (Å²) in [4.78, 5) is 15.7. The third-order valence-electron chi connectivity index (χ3n) is 3.31. The van der Waals surface area contributed by atoms with Crippen molar-refractivity contribution < 1.29 is 27.1 Å². The molecule has 0 aliphatic rings. The summed E-state index contributed by atoms with van der Waals surface area (Å²) in [5, 5.41) is 0.430. The predicted molar refractivity (Wildman–Crippen MR) is 75.0 cm³/mol. The summed E-state index contributed by atoms with van der Waals surface area (Å²) >= 11 is 0. The van der Waals surface area contributed by atoms with Crippen molar-refractivity contribution in [2.24, 2.45) is 5.73 Å². The van der Waals surface area contributed by atoms with E-state index in [0.29, 0.717) is 10.9 Å². The number of esters is 1. The van der Waals surface area contributed by atoms with Crippen molar-refractivity contribution in [2.75, 3.05) is 6.61 Å². The quantitative estimate of drug-likeness (QED) is 0.691. The third kappa shape index (κ3) is 3.42. The second kappa shape index (κ2) is 6.11. The molecule has 0 radical (unpaired) electrons. The molecular formula is C15H14F4N2O2. The Balaban J connectivity index is 2.40. The van der Waals surface area contributed by atoms with Crippen LogP contribution in [-0.2, 0) is 16.0 Å². The highest BCUT2D eigenvalue weighted by molar-refractivity contribution is 5.83. The maximum absolute atomic E-state index is 13.2.